The van der Waals surface area contributed by atoms with Crippen LogP contribution in [0.4, 0.5) is 5.69 Å². The molecule has 5 heteroatoms. The fraction of sp³-hybridized carbons (Fsp3) is 0.161. The summed E-state index contributed by atoms with van der Waals surface area (Å²) >= 11 is 0. The first kappa shape index (κ1) is 23.4. The molecular weight excluding hydrogens is 448 g/mol. The molecule has 1 N–H and O–H groups in total. The lowest BCUT2D eigenvalue weighted by molar-refractivity contribution is -0.111. The zero-order valence-electron chi connectivity index (χ0n) is 20.9. The number of ether oxygens (including phenoxy) is 1. The lowest BCUT2D eigenvalue weighted by Crippen LogP contribution is -2.09. The lowest BCUT2D eigenvalue weighted by atomic mass is 9.96. The molecular formula is C31H28N2O3. The number of allylic oxidation sites excluding steroid dienone is 1. The Morgan fingerprint density at radius 3 is 2.69 bits per heavy atom. The number of anilines is 1. The summed E-state index contributed by atoms with van der Waals surface area (Å²) in [6, 6.07) is 19.9. The molecule has 0 bridgehead atoms. The number of benzene rings is 3. The maximum Gasteiger partial charge on any atom is 0.248 e. The summed E-state index contributed by atoms with van der Waals surface area (Å²) in [5, 5.41) is 4.88. The highest BCUT2D eigenvalue weighted by Crippen LogP contribution is 2.38. The Morgan fingerprint density at radius 1 is 1.03 bits per heavy atom. The van der Waals surface area contributed by atoms with E-state index < -0.39 is 0 Å². The van der Waals surface area contributed by atoms with E-state index in [9.17, 15) is 4.79 Å². The van der Waals surface area contributed by atoms with Gasteiger partial charge in [-0.25, -0.2) is 0 Å². The van der Waals surface area contributed by atoms with Gasteiger partial charge in [0.15, 0.2) is 0 Å². The predicted molar refractivity (Wildman–Crippen MR) is 146 cm³/mol. The van der Waals surface area contributed by atoms with Crippen molar-refractivity contribution < 1.29 is 13.9 Å². The third-order valence-corrected chi connectivity index (χ3v) is 6.32. The van der Waals surface area contributed by atoms with Gasteiger partial charge in [-0.05, 0) is 74.7 Å². The Kier molecular flexibility index (Phi) is 6.30. The number of aryl methyl sites for hydroxylation is 2. The number of aromatic nitrogens is 1. The molecule has 180 valence electrons. The first-order valence-corrected chi connectivity index (χ1v) is 12.0. The minimum absolute atomic E-state index is 0.215. The molecule has 3 aromatic carbocycles. The number of rotatable bonds is 6. The molecule has 0 aliphatic heterocycles. The van der Waals surface area contributed by atoms with Gasteiger partial charge in [-0.1, -0.05) is 29.8 Å². The molecule has 2 aromatic heterocycles. The van der Waals surface area contributed by atoms with E-state index in [1.165, 1.54) is 11.1 Å². The monoisotopic (exact) mass is 476 g/mol. The highest BCUT2D eigenvalue weighted by molar-refractivity contribution is 6.09. The molecule has 5 rings (SSSR count). The number of amides is 1. The minimum Gasteiger partial charge on any atom is -0.493 e. The molecule has 0 aliphatic rings. The quantitative estimate of drug-likeness (QED) is 0.255. The third-order valence-electron chi connectivity index (χ3n) is 6.32. The van der Waals surface area contributed by atoms with E-state index in [-0.39, 0.29) is 5.91 Å². The van der Waals surface area contributed by atoms with Crippen LogP contribution < -0.4 is 10.1 Å². The van der Waals surface area contributed by atoms with Crippen molar-refractivity contribution in [3.05, 3.63) is 95.9 Å². The molecule has 0 aliphatic carbocycles. The highest BCUT2D eigenvalue weighted by Gasteiger charge is 2.16. The van der Waals surface area contributed by atoms with Gasteiger partial charge in [0.25, 0.3) is 0 Å². The number of nitrogens with zero attached hydrogens (tertiary/aromatic N) is 1. The maximum atomic E-state index is 13.0. The van der Waals surface area contributed by atoms with Gasteiger partial charge in [0.2, 0.25) is 5.91 Å². The number of nitrogens with one attached hydrogen (secondary N) is 1. The van der Waals surface area contributed by atoms with E-state index >= 15 is 0 Å². The van der Waals surface area contributed by atoms with Crippen molar-refractivity contribution in [1.29, 1.82) is 0 Å². The fourth-order valence-electron chi connectivity index (χ4n) is 4.62. The summed E-state index contributed by atoms with van der Waals surface area (Å²) in [6.45, 7) is 8.56. The zero-order chi connectivity index (χ0) is 25.2. The minimum atomic E-state index is -0.215. The Labute approximate surface area is 210 Å². The molecule has 2 heterocycles. The first-order valence-electron chi connectivity index (χ1n) is 12.0. The molecule has 0 saturated carbocycles. The van der Waals surface area contributed by atoms with Gasteiger partial charge in [-0.15, -0.1) is 0 Å². The molecule has 5 aromatic rings. The number of hydrogen-bond acceptors (Lipinski definition) is 4. The van der Waals surface area contributed by atoms with E-state index in [1.807, 2.05) is 50.2 Å². The third kappa shape index (κ3) is 4.48. The first-order chi connectivity index (χ1) is 17.4. The van der Waals surface area contributed by atoms with Gasteiger partial charge >= 0.3 is 0 Å². The number of carbonyl (C=O) groups excluding carboxylic acids is 1. The second kappa shape index (κ2) is 9.70. The molecule has 0 radical (unpaired) electrons. The topological polar surface area (TPSA) is 64.4 Å². The summed E-state index contributed by atoms with van der Waals surface area (Å²) < 4.78 is 11.9. The number of hydrogen-bond donors (Lipinski definition) is 1. The zero-order valence-corrected chi connectivity index (χ0v) is 20.9. The van der Waals surface area contributed by atoms with E-state index in [2.05, 4.69) is 48.4 Å². The van der Waals surface area contributed by atoms with E-state index in [4.69, 9.17) is 9.15 Å². The second-order valence-corrected chi connectivity index (χ2v) is 8.94. The highest BCUT2D eigenvalue weighted by atomic mass is 16.5. The summed E-state index contributed by atoms with van der Waals surface area (Å²) in [5.41, 5.74) is 8.50. The van der Waals surface area contributed by atoms with Gasteiger partial charge in [-0.3, -0.25) is 9.78 Å². The number of furan rings is 1. The lowest BCUT2D eigenvalue weighted by Gasteiger charge is -2.12. The summed E-state index contributed by atoms with van der Waals surface area (Å²) in [7, 11) is 0. The van der Waals surface area contributed by atoms with E-state index in [1.54, 1.807) is 18.5 Å². The SMILES string of the molecule is CCOc1cc2occ(-c3ccc(C)cc3C)c2cc1/C(C)=C/C(=O)Nc1cccc2ncccc12. The molecule has 0 unspecified atom stereocenters. The van der Waals surface area contributed by atoms with Crippen LogP contribution in [0.5, 0.6) is 5.75 Å². The van der Waals surface area contributed by atoms with Crippen molar-refractivity contribution in [2.45, 2.75) is 27.7 Å². The van der Waals surface area contributed by atoms with Crippen LogP contribution in [0, 0.1) is 13.8 Å². The van der Waals surface area contributed by atoms with Crippen molar-refractivity contribution >= 4 is 39.0 Å². The summed E-state index contributed by atoms with van der Waals surface area (Å²) in [6.07, 6.45) is 5.14. The van der Waals surface area contributed by atoms with Crippen molar-refractivity contribution in [3.8, 4) is 16.9 Å². The number of fused-ring (bicyclic) bond motifs is 2. The molecule has 1 amide bonds. The standard InChI is InChI=1S/C31H28N2O3/c1-5-35-29-17-30-25(26(18-36-30)22-12-11-19(2)14-20(22)3)16-24(29)21(4)15-31(34)33-28-10-6-9-27-23(28)8-7-13-32-27/h6-18H,5H2,1-4H3,(H,33,34)/b21-15+. The van der Waals surface area contributed by atoms with Gasteiger partial charge in [-0.2, -0.15) is 0 Å². The van der Waals surface area contributed by atoms with E-state index in [0.717, 1.165) is 49.8 Å². The maximum absolute atomic E-state index is 13.0. The Bertz CT molecular complexity index is 1620. The predicted octanol–water partition coefficient (Wildman–Crippen LogP) is 7.71. The van der Waals surface area contributed by atoms with Crippen LogP contribution in [0.25, 0.3) is 38.6 Å². The molecule has 0 atom stereocenters. The van der Waals surface area contributed by atoms with Crippen LogP contribution in [-0.4, -0.2) is 17.5 Å². The fourth-order valence-corrected chi connectivity index (χ4v) is 4.62. The van der Waals surface area contributed by atoms with Crippen molar-refractivity contribution in [3.63, 3.8) is 0 Å². The average Bonchev–Trinajstić information content (AvgIpc) is 3.26. The van der Waals surface area contributed by atoms with Gasteiger partial charge in [0, 0.05) is 40.2 Å². The van der Waals surface area contributed by atoms with Crippen molar-refractivity contribution in [2.75, 3.05) is 11.9 Å². The number of carbonyl (C=O) groups is 1. The van der Waals surface area contributed by atoms with Crippen molar-refractivity contribution in [2.24, 2.45) is 0 Å². The van der Waals surface area contributed by atoms with Crippen LogP contribution in [-0.2, 0) is 4.79 Å². The van der Waals surface area contributed by atoms with Crippen LogP contribution >= 0.6 is 0 Å². The van der Waals surface area contributed by atoms with Gasteiger partial charge < -0.3 is 14.5 Å². The van der Waals surface area contributed by atoms with Gasteiger partial charge in [0.05, 0.1) is 24.1 Å². The summed E-state index contributed by atoms with van der Waals surface area (Å²) in [4.78, 5) is 17.4. The largest absolute Gasteiger partial charge is 0.493 e. The molecule has 36 heavy (non-hydrogen) atoms. The Balaban J connectivity index is 1.54. The molecule has 0 fully saturated rings. The van der Waals surface area contributed by atoms with Crippen LogP contribution in [0.3, 0.4) is 0 Å². The van der Waals surface area contributed by atoms with E-state index in [0.29, 0.717) is 12.4 Å². The van der Waals surface area contributed by atoms with Crippen LogP contribution in [0.15, 0.2) is 83.6 Å². The Hall–Kier alpha value is -4.38. The van der Waals surface area contributed by atoms with Crippen LogP contribution in [0.1, 0.15) is 30.5 Å². The average molecular weight is 477 g/mol. The molecule has 0 spiro atoms. The van der Waals surface area contributed by atoms with Crippen molar-refractivity contribution in [1.82, 2.24) is 4.98 Å². The Morgan fingerprint density at radius 2 is 1.89 bits per heavy atom. The van der Waals surface area contributed by atoms with Crippen LogP contribution in [0.2, 0.25) is 0 Å². The smallest absolute Gasteiger partial charge is 0.248 e. The second-order valence-electron chi connectivity index (χ2n) is 8.94. The molecule has 5 nitrogen and oxygen atoms in total. The summed E-state index contributed by atoms with van der Waals surface area (Å²) in [5.74, 6) is 0.468. The normalized spacial score (nSPS) is 11.7. The molecule has 0 saturated heterocycles. The van der Waals surface area contributed by atoms with Gasteiger partial charge in [0.1, 0.15) is 11.3 Å². The number of pyridine rings is 1.